The van der Waals surface area contributed by atoms with Crippen LogP contribution in [0.4, 0.5) is 5.69 Å². The second-order valence-electron chi connectivity index (χ2n) is 6.22. The summed E-state index contributed by atoms with van der Waals surface area (Å²) in [5.74, 6) is 0. The Labute approximate surface area is 123 Å². The highest BCUT2D eigenvalue weighted by molar-refractivity contribution is 6.31. The molecule has 0 aliphatic heterocycles. The average Bonchev–Trinajstić information content (AvgIpc) is 2.27. The van der Waals surface area contributed by atoms with Crippen molar-refractivity contribution in [1.82, 2.24) is 5.32 Å². The summed E-state index contributed by atoms with van der Waals surface area (Å²) in [6.45, 7) is 14.9. The molecule has 0 radical (unpaired) electrons. The van der Waals surface area contributed by atoms with E-state index in [4.69, 9.17) is 11.6 Å². The number of hydrogen-bond acceptors (Lipinski definition) is 2. The first-order valence-electron chi connectivity index (χ1n) is 7.05. The van der Waals surface area contributed by atoms with Crippen molar-refractivity contribution in [2.45, 2.75) is 59.7 Å². The number of nitrogens with one attached hydrogen (secondary N) is 1. The van der Waals surface area contributed by atoms with Gasteiger partial charge in [-0.25, -0.2) is 0 Å². The topological polar surface area (TPSA) is 15.3 Å². The molecule has 0 bridgehead atoms. The van der Waals surface area contributed by atoms with E-state index >= 15 is 0 Å². The smallest absolute Gasteiger partial charge is 0.0471 e. The normalized spacial score (nSPS) is 12.0. The van der Waals surface area contributed by atoms with Crippen LogP contribution in [-0.2, 0) is 6.54 Å². The van der Waals surface area contributed by atoms with Crippen LogP contribution in [0.1, 0.15) is 47.1 Å². The summed E-state index contributed by atoms with van der Waals surface area (Å²) in [5, 5.41) is 4.37. The second kappa shape index (κ2) is 6.62. The molecule has 1 rings (SSSR count). The Morgan fingerprint density at radius 3 is 2.37 bits per heavy atom. The van der Waals surface area contributed by atoms with Gasteiger partial charge in [0.1, 0.15) is 0 Å². The standard InChI is InChI=1S/C16H27ClN2/c1-7-19(12(2)3)15-10-8-9-14(17)13(15)11-18-16(4,5)6/h8-10,12,18H,7,11H2,1-6H3. The van der Waals surface area contributed by atoms with Gasteiger partial charge in [0.25, 0.3) is 0 Å². The predicted molar refractivity (Wildman–Crippen MR) is 86.2 cm³/mol. The number of halogens is 1. The van der Waals surface area contributed by atoms with Crippen molar-refractivity contribution < 1.29 is 0 Å². The molecule has 1 aromatic rings. The molecule has 1 N–H and O–H groups in total. The van der Waals surface area contributed by atoms with Gasteiger partial charge in [-0.05, 0) is 53.7 Å². The Kier molecular flexibility index (Phi) is 5.69. The quantitative estimate of drug-likeness (QED) is 0.858. The van der Waals surface area contributed by atoms with Gasteiger partial charge >= 0.3 is 0 Å². The van der Waals surface area contributed by atoms with Gasteiger partial charge in [0.15, 0.2) is 0 Å². The fourth-order valence-corrected chi connectivity index (χ4v) is 2.39. The van der Waals surface area contributed by atoms with E-state index in [0.29, 0.717) is 6.04 Å². The molecule has 0 heterocycles. The highest BCUT2D eigenvalue weighted by atomic mass is 35.5. The van der Waals surface area contributed by atoms with Crippen molar-refractivity contribution in [3.63, 3.8) is 0 Å². The van der Waals surface area contributed by atoms with Crippen molar-refractivity contribution >= 4 is 17.3 Å². The fraction of sp³-hybridized carbons (Fsp3) is 0.625. The fourth-order valence-electron chi connectivity index (χ4n) is 2.16. The minimum absolute atomic E-state index is 0.0886. The van der Waals surface area contributed by atoms with Crippen molar-refractivity contribution in [3.05, 3.63) is 28.8 Å². The number of benzene rings is 1. The maximum Gasteiger partial charge on any atom is 0.0471 e. The van der Waals surface area contributed by atoms with Crippen LogP contribution in [-0.4, -0.2) is 18.1 Å². The third kappa shape index (κ3) is 4.70. The van der Waals surface area contributed by atoms with Gasteiger partial charge in [-0.15, -0.1) is 0 Å². The second-order valence-corrected chi connectivity index (χ2v) is 6.63. The average molecular weight is 283 g/mol. The van der Waals surface area contributed by atoms with Gasteiger partial charge < -0.3 is 10.2 Å². The van der Waals surface area contributed by atoms with Gasteiger partial charge in [-0.1, -0.05) is 17.7 Å². The summed E-state index contributed by atoms with van der Waals surface area (Å²) >= 11 is 6.40. The van der Waals surface area contributed by atoms with Crippen LogP contribution >= 0.6 is 11.6 Å². The van der Waals surface area contributed by atoms with E-state index < -0.39 is 0 Å². The zero-order valence-corrected chi connectivity index (χ0v) is 13.8. The van der Waals surface area contributed by atoms with Crippen LogP contribution in [0.15, 0.2) is 18.2 Å². The first-order valence-corrected chi connectivity index (χ1v) is 7.43. The molecule has 0 unspecified atom stereocenters. The number of hydrogen-bond donors (Lipinski definition) is 1. The van der Waals surface area contributed by atoms with Crippen LogP contribution in [0.2, 0.25) is 5.02 Å². The molecule has 1 aromatic carbocycles. The van der Waals surface area contributed by atoms with Crippen molar-refractivity contribution in [2.75, 3.05) is 11.4 Å². The summed E-state index contributed by atoms with van der Waals surface area (Å²) < 4.78 is 0. The first kappa shape index (κ1) is 16.3. The number of rotatable bonds is 5. The molecular formula is C16H27ClN2. The van der Waals surface area contributed by atoms with Gasteiger partial charge in [0.05, 0.1) is 0 Å². The molecule has 2 nitrogen and oxygen atoms in total. The third-order valence-corrected chi connectivity index (χ3v) is 3.52. The molecule has 0 fully saturated rings. The van der Waals surface area contributed by atoms with Gasteiger partial charge in [0.2, 0.25) is 0 Å². The van der Waals surface area contributed by atoms with E-state index in [1.807, 2.05) is 12.1 Å². The lowest BCUT2D eigenvalue weighted by atomic mass is 10.1. The van der Waals surface area contributed by atoms with Crippen molar-refractivity contribution in [1.29, 1.82) is 0 Å². The Morgan fingerprint density at radius 2 is 1.89 bits per heavy atom. The molecule has 0 spiro atoms. The monoisotopic (exact) mass is 282 g/mol. The van der Waals surface area contributed by atoms with Crippen LogP contribution < -0.4 is 10.2 Å². The Morgan fingerprint density at radius 1 is 1.26 bits per heavy atom. The molecule has 108 valence electrons. The highest BCUT2D eigenvalue weighted by Gasteiger charge is 2.17. The maximum absolute atomic E-state index is 6.40. The van der Waals surface area contributed by atoms with Crippen LogP contribution in [0, 0.1) is 0 Å². The van der Waals surface area contributed by atoms with E-state index in [1.54, 1.807) is 0 Å². The Bertz CT molecular complexity index is 408. The Hall–Kier alpha value is -0.730. The summed E-state index contributed by atoms with van der Waals surface area (Å²) in [4.78, 5) is 2.38. The third-order valence-electron chi connectivity index (χ3n) is 3.16. The lowest BCUT2D eigenvalue weighted by Crippen LogP contribution is -2.36. The molecule has 0 aliphatic carbocycles. The summed E-state index contributed by atoms with van der Waals surface area (Å²) in [6, 6.07) is 6.63. The minimum Gasteiger partial charge on any atom is -0.369 e. The summed E-state index contributed by atoms with van der Waals surface area (Å²) in [5.41, 5.74) is 2.52. The van der Waals surface area contributed by atoms with E-state index in [1.165, 1.54) is 11.3 Å². The lowest BCUT2D eigenvalue weighted by Gasteiger charge is -2.31. The molecular weight excluding hydrogens is 256 g/mol. The molecule has 0 amide bonds. The molecule has 3 heteroatoms. The summed E-state index contributed by atoms with van der Waals surface area (Å²) in [6.07, 6.45) is 0. The minimum atomic E-state index is 0.0886. The van der Waals surface area contributed by atoms with Crippen molar-refractivity contribution in [3.8, 4) is 0 Å². The molecule has 19 heavy (non-hydrogen) atoms. The van der Waals surface area contributed by atoms with Gasteiger partial charge in [0, 0.05) is 40.9 Å². The largest absolute Gasteiger partial charge is 0.369 e. The van der Waals surface area contributed by atoms with E-state index in [2.05, 4.69) is 57.8 Å². The zero-order chi connectivity index (χ0) is 14.6. The van der Waals surface area contributed by atoms with Gasteiger partial charge in [-0.2, -0.15) is 0 Å². The zero-order valence-electron chi connectivity index (χ0n) is 13.0. The number of anilines is 1. The van der Waals surface area contributed by atoms with Crippen molar-refractivity contribution in [2.24, 2.45) is 0 Å². The van der Waals surface area contributed by atoms with E-state index in [0.717, 1.165) is 18.1 Å². The molecule has 0 aliphatic rings. The molecule has 0 atom stereocenters. The van der Waals surface area contributed by atoms with Crippen LogP contribution in [0.3, 0.4) is 0 Å². The van der Waals surface area contributed by atoms with E-state index in [9.17, 15) is 0 Å². The maximum atomic E-state index is 6.40. The number of nitrogens with zero attached hydrogens (tertiary/aromatic N) is 1. The van der Waals surface area contributed by atoms with Crippen LogP contribution in [0.5, 0.6) is 0 Å². The molecule has 0 aromatic heterocycles. The van der Waals surface area contributed by atoms with E-state index in [-0.39, 0.29) is 5.54 Å². The summed E-state index contributed by atoms with van der Waals surface area (Å²) in [7, 11) is 0. The lowest BCUT2D eigenvalue weighted by molar-refractivity contribution is 0.424. The van der Waals surface area contributed by atoms with Crippen LogP contribution in [0.25, 0.3) is 0 Å². The first-order chi connectivity index (χ1) is 8.76. The molecule has 0 saturated heterocycles. The molecule has 0 saturated carbocycles. The Balaban J connectivity index is 3.07. The predicted octanol–water partition coefficient (Wildman–Crippen LogP) is 4.46. The van der Waals surface area contributed by atoms with Gasteiger partial charge in [-0.3, -0.25) is 0 Å². The SMILES string of the molecule is CCN(c1cccc(Cl)c1CNC(C)(C)C)C(C)C. The highest BCUT2D eigenvalue weighted by Crippen LogP contribution is 2.29.